The zero-order chi connectivity index (χ0) is 36.3. The molecule has 266 valence electrons. The fourth-order valence-electron chi connectivity index (χ4n) is 7.05. The molecular formula is C34H37F7N4O3S. The Bertz CT molecular complexity index is 1840. The van der Waals surface area contributed by atoms with Crippen molar-refractivity contribution in [1.29, 1.82) is 0 Å². The minimum atomic E-state index is -5.11. The Kier molecular flexibility index (Phi) is 9.37. The van der Waals surface area contributed by atoms with E-state index in [-0.39, 0.29) is 17.6 Å². The normalized spacial score (nSPS) is 19.5. The molecule has 3 heterocycles. The van der Waals surface area contributed by atoms with Gasteiger partial charge in [0.25, 0.3) is 0 Å². The van der Waals surface area contributed by atoms with Gasteiger partial charge in [-0.15, -0.1) is 0 Å². The molecule has 5 rings (SSSR count). The first-order valence-electron chi connectivity index (χ1n) is 15.7. The van der Waals surface area contributed by atoms with Gasteiger partial charge in [0.1, 0.15) is 11.6 Å². The number of carbonyl (C=O) groups excluding carboxylic acids is 1. The fraction of sp³-hybridized carbons (Fsp3) is 0.471. The van der Waals surface area contributed by atoms with Crippen LogP contribution < -0.4 is 9.80 Å². The van der Waals surface area contributed by atoms with E-state index < -0.39 is 61.0 Å². The van der Waals surface area contributed by atoms with Crippen molar-refractivity contribution in [3.8, 4) is 11.1 Å². The lowest BCUT2D eigenvalue weighted by atomic mass is 9.81. The molecule has 3 aromatic rings. The second kappa shape index (κ2) is 12.6. The minimum absolute atomic E-state index is 0.00284. The highest BCUT2D eigenvalue weighted by molar-refractivity contribution is 7.92. The Balaban J connectivity index is 1.65. The first-order valence-corrected chi connectivity index (χ1v) is 17.5. The molecule has 2 saturated heterocycles. The lowest BCUT2D eigenvalue weighted by molar-refractivity contribution is -0.143. The molecule has 0 spiro atoms. The summed E-state index contributed by atoms with van der Waals surface area (Å²) in [6.07, 6.45) is -5.16. The Hall–Kier alpha value is -3.72. The predicted octanol–water partition coefficient (Wildman–Crippen LogP) is 7.57. The number of anilines is 2. The summed E-state index contributed by atoms with van der Waals surface area (Å²) in [4.78, 5) is 22.1. The van der Waals surface area contributed by atoms with Gasteiger partial charge in [0, 0.05) is 44.9 Å². The molecule has 0 radical (unpaired) electrons. The fourth-order valence-corrected chi connectivity index (χ4v) is 8.80. The van der Waals surface area contributed by atoms with Crippen molar-refractivity contribution < 1.29 is 43.9 Å². The molecule has 2 aliphatic heterocycles. The lowest BCUT2D eigenvalue weighted by Gasteiger charge is -2.44. The molecule has 0 aliphatic carbocycles. The number of halogens is 7. The Labute approximate surface area is 280 Å². The van der Waals surface area contributed by atoms with Crippen LogP contribution in [0.5, 0.6) is 0 Å². The molecule has 1 aromatic heterocycles. The van der Waals surface area contributed by atoms with Crippen LogP contribution in [0, 0.1) is 12.7 Å². The molecule has 2 fully saturated rings. The number of aromatic nitrogens is 1. The van der Waals surface area contributed by atoms with Crippen molar-refractivity contribution in [2.24, 2.45) is 0 Å². The summed E-state index contributed by atoms with van der Waals surface area (Å²) in [5, 5.41) is 0. The van der Waals surface area contributed by atoms with E-state index in [0.717, 1.165) is 17.7 Å². The summed E-state index contributed by atoms with van der Waals surface area (Å²) in [5.41, 5.74) is -4.12. The first kappa shape index (κ1) is 36.6. The van der Waals surface area contributed by atoms with Gasteiger partial charge < -0.3 is 9.80 Å². The zero-order valence-corrected chi connectivity index (χ0v) is 28.5. The number of aryl methyl sites for hydroxylation is 1. The number of carbonyl (C=O) groups is 1. The van der Waals surface area contributed by atoms with Crippen LogP contribution in [-0.4, -0.2) is 62.1 Å². The van der Waals surface area contributed by atoms with Crippen molar-refractivity contribution in [3.05, 3.63) is 76.7 Å². The number of hydrogen-bond donors (Lipinski definition) is 0. The quantitative estimate of drug-likeness (QED) is 0.235. The smallest absolute Gasteiger partial charge is 0.325 e. The Morgan fingerprint density at radius 2 is 1.43 bits per heavy atom. The van der Waals surface area contributed by atoms with Crippen molar-refractivity contribution in [2.45, 2.75) is 69.2 Å². The lowest BCUT2D eigenvalue weighted by Crippen LogP contribution is -2.61. The van der Waals surface area contributed by atoms with E-state index in [9.17, 15) is 43.9 Å². The van der Waals surface area contributed by atoms with Gasteiger partial charge in [0.05, 0.1) is 28.4 Å². The third-order valence-electron chi connectivity index (χ3n) is 9.63. The van der Waals surface area contributed by atoms with Gasteiger partial charge >= 0.3 is 12.4 Å². The predicted molar refractivity (Wildman–Crippen MR) is 172 cm³/mol. The maximum atomic E-state index is 14.2. The molecule has 2 aromatic carbocycles. The van der Waals surface area contributed by atoms with Gasteiger partial charge in [-0.2, -0.15) is 26.3 Å². The average molecular weight is 715 g/mol. The summed E-state index contributed by atoms with van der Waals surface area (Å²) < 4.78 is 123. The van der Waals surface area contributed by atoms with E-state index in [0.29, 0.717) is 61.3 Å². The number of alkyl halides is 6. The maximum Gasteiger partial charge on any atom is 0.416 e. The van der Waals surface area contributed by atoms with Gasteiger partial charge in [-0.05, 0) is 93.1 Å². The largest absolute Gasteiger partial charge is 0.416 e. The highest BCUT2D eigenvalue weighted by Gasteiger charge is 2.55. The van der Waals surface area contributed by atoms with Crippen LogP contribution in [0.4, 0.5) is 42.2 Å². The summed E-state index contributed by atoms with van der Waals surface area (Å²) in [5.74, 6) is -1.10. The van der Waals surface area contributed by atoms with Gasteiger partial charge in [-0.3, -0.25) is 9.69 Å². The van der Waals surface area contributed by atoms with Crippen LogP contribution in [-0.2, 0) is 32.4 Å². The topological polar surface area (TPSA) is 73.8 Å². The molecular weight excluding hydrogens is 677 g/mol. The Morgan fingerprint density at radius 1 is 0.857 bits per heavy atom. The van der Waals surface area contributed by atoms with E-state index >= 15 is 0 Å². The van der Waals surface area contributed by atoms with E-state index in [2.05, 4.69) is 4.98 Å². The van der Waals surface area contributed by atoms with Gasteiger partial charge in [0.15, 0.2) is 14.8 Å². The molecule has 0 bridgehead atoms. The SMILES string of the molecule is Cc1cc(F)ccc1-c1cc(N2CCC[C@@]2(N2CCCC2)S(C)(=O)=O)ncc1N(C)C(=O)C(C)(C)c1cc(C(F)(F)F)cc(C(F)(F)F)c1. The number of sulfone groups is 1. The average Bonchev–Trinajstić information content (AvgIpc) is 3.70. The molecule has 2 aliphatic rings. The van der Waals surface area contributed by atoms with Crippen LogP contribution in [0.25, 0.3) is 11.1 Å². The molecule has 1 amide bonds. The van der Waals surface area contributed by atoms with E-state index in [1.165, 1.54) is 51.5 Å². The highest BCUT2D eigenvalue weighted by atomic mass is 32.2. The zero-order valence-electron chi connectivity index (χ0n) is 27.6. The van der Waals surface area contributed by atoms with Crippen molar-refractivity contribution in [1.82, 2.24) is 9.88 Å². The summed E-state index contributed by atoms with van der Waals surface area (Å²) in [7, 11) is -2.39. The van der Waals surface area contributed by atoms with E-state index in [1.54, 1.807) is 17.9 Å². The summed E-state index contributed by atoms with van der Waals surface area (Å²) in [6, 6.07) is 6.62. The number of benzene rings is 2. The Morgan fingerprint density at radius 3 is 1.96 bits per heavy atom. The summed E-state index contributed by atoms with van der Waals surface area (Å²) in [6.45, 7) is 5.60. The van der Waals surface area contributed by atoms with Crippen LogP contribution in [0.15, 0.2) is 48.7 Å². The number of likely N-dealkylation sites (tertiary alicyclic amines) is 1. The highest BCUT2D eigenvalue weighted by Crippen LogP contribution is 2.45. The third kappa shape index (κ3) is 6.63. The van der Waals surface area contributed by atoms with Crippen molar-refractivity contribution in [2.75, 3.05) is 42.7 Å². The second-order valence-electron chi connectivity index (χ2n) is 13.3. The molecule has 49 heavy (non-hydrogen) atoms. The van der Waals surface area contributed by atoms with Crippen molar-refractivity contribution >= 4 is 27.2 Å². The van der Waals surface area contributed by atoms with Gasteiger partial charge in [-0.25, -0.2) is 17.8 Å². The summed E-state index contributed by atoms with van der Waals surface area (Å²) >= 11 is 0. The van der Waals surface area contributed by atoms with E-state index in [4.69, 9.17) is 0 Å². The molecule has 7 nitrogen and oxygen atoms in total. The molecule has 15 heteroatoms. The number of hydrogen-bond acceptors (Lipinski definition) is 6. The van der Waals surface area contributed by atoms with Crippen LogP contribution in [0.1, 0.15) is 61.8 Å². The number of likely N-dealkylation sites (N-methyl/N-ethyl adjacent to an activating group) is 1. The number of amides is 1. The van der Waals surface area contributed by atoms with Crippen LogP contribution >= 0.6 is 0 Å². The van der Waals surface area contributed by atoms with Crippen LogP contribution in [0.2, 0.25) is 0 Å². The molecule has 0 N–H and O–H groups in total. The number of nitrogens with zero attached hydrogens (tertiary/aromatic N) is 4. The van der Waals surface area contributed by atoms with E-state index in [1.807, 2.05) is 4.90 Å². The number of rotatable bonds is 7. The molecule has 0 unspecified atom stereocenters. The van der Waals surface area contributed by atoms with Gasteiger partial charge in [0.2, 0.25) is 5.91 Å². The van der Waals surface area contributed by atoms with Crippen molar-refractivity contribution in [3.63, 3.8) is 0 Å². The molecule has 0 saturated carbocycles. The third-order valence-corrected chi connectivity index (χ3v) is 11.5. The maximum absolute atomic E-state index is 14.2. The van der Waals surface area contributed by atoms with Gasteiger partial charge in [-0.1, -0.05) is 6.07 Å². The molecule has 1 atom stereocenters. The minimum Gasteiger partial charge on any atom is -0.325 e. The number of pyridine rings is 1. The monoisotopic (exact) mass is 714 g/mol. The second-order valence-corrected chi connectivity index (χ2v) is 15.5. The standard InChI is InChI=1S/C34H37F7N4O3S/c1-21-15-25(35)9-10-26(21)27-19-29(45-14-8-11-32(45,49(5,47)48)44-12-6-7-13-44)42-20-28(27)43(4)30(46)31(2,3)22-16-23(33(36,37)38)18-24(17-22)34(39,40)41/h9-10,15-20H,6-8,11-14H2,1-5H3/t32-/m0/s1. The van der Waals surface area contributed by atoms with Crippen LogP contribution in [0.3, 0.4) is 0 Å². The first-order chi connectivity index (χ1) is 22.6.